The normalized spacial score (nSPS) is 9.92. The molecule has 2 nitrogen and oxygen atoms in total. The van der Waals surface area contributed by atoms with E-state index >= 15 is 0 Å². The molecule has 0 spiro atoms. The van der Waals surface area contributed by atoms with Crippen LogP contribution in [0, 0.1) is 0 Å². The Morgan fingerprint density at radius 2 is 1.92 bits per heavy atom. The Morgan fingerprint density at radius 1 is 1.33 bits per heavy atom. The van der Waals surface area contributed by atoms with Crippen molar-refractivity contribution in [3.63, 3.8) is 0 Å². The fraction of sp³-hybridized carbons (Fsp3) is 0.375. The van der Waals surface area contributed by atoms with E-state index in [9.17, 15) is 0 Å². The molecule has 0 aromatic carbocycles. The Labute approximate surface area is 81.5 Å². The van der Waals surface area contributed by atoms with Gasteiger partial charge in [-0.3, -0.25) is 0 Å². The fourth-order valence-electron chi connectivity index (χ4n) is 0.746. The summed E-state index contributed by atoms with van der Waals surface area (Å²) in [4.78, 5) is 3.79. The van der Waals surface area contributed by atoms with Gasteiger partial charge in [0.05, 0.1) is 6.61 Å². The molecule has 0 saturated carbocycles. The number of rotatable bonds is 3. The Morgan fingerprint density at radius 3 is 2.42 bits per heavy atom. The first-order valence-corrected chi connectivity index (χ1v) is 4.44. The Hall–Kier alpha value is -0.470. The zero-order valence-corrected chi connectivity index (χ0v) is 8.19. The highest BCUT2D eigenvalue weighted by Crippen LogP contribution is 2.20. The lowest BCUT2D eigenvalue weighted by Gasteiger charge is -2.04. The van der Waals surface area contributed by atoms with E-state index in [1.807, 2.05) is 6.92 Å². The molecule has 0 radical (unpaired) electrons. The highest BCUT2D eigenvalue weighted by atomic mass is 35.5. The van der Waals surface area contributed by atoms with Crippen LogP contribution in [0.5, 0.6) is 5.75 Å². The maximum atomic E-state index is 5.65. The van der Waals surface area contributed by atoms with Crippen LogP contribution >= 0.6 is 23.2 Å². The molecule has 12 heavy (non-hydrogen) atoms. The molecule has 66 valence electrons. The van der Waals surface area contributed by atoms with E-state index in [-0.39, 0.29) is 0 Å². The summed E-state index contributed by atoms with van der Waals surface area (Å²) in [7, 11) is 0. The number of aromatic nitrogens is 1. The van der Waals surface area contributed by atoms with Gasteiger partial charge >= 0.3 is 0 Å². The molecular formula is C8H9Cl2NO. The van der Waals surface area contributed by atoms with Crippen LogP contribution < -0.4 is 4.74 Å². The standard InChI is InChI=1S/C8H9Cl2NO/c1-2-3-12-6-4-7(9)11-8(10)5-6/h4-5H,2-3H2,1H3. The average molecular weight is 206 g/mol. The van der Waals surface area contributed by atoms with Gasteiger partial charge < -0.3 is 4.74 Å². The maximum Gasteiger partial charge on any atom is 0.134 e. The molecule has 0 N–H and O–H groups in total. The first-order chi connectivity index (χ1) is 5.72. The third kappa shape index (κ3) is 2.88. The SMILES string of the molecule is CCCOc1cc(Cl)nc(Cl)c1. The minimum Gasteiger partial charge on any atom is -0.493 e. The van der Waals surface area contributed by atoms with E-state index in [0.717, 1.165) is 6.42 Å². The van der Waals surface area contributed by atoms with Crippen LogP contribution in [0.15, 0.2) is 12.1 Å². The van der Waals surface area contributed by atoms with Crippen molar-refractivity contribution in [2.45, 2.75) is 13.3 Å². The second kappa shape index (κ2) is 4.53. The van der Waals surface area contributed by atoms with Crippen LogP contribution in [0.25, 0.3) is 0 Å². The average Bonchev–Trinajstić information content (AvgIpc) is 1.99. The molecule has 0 aliphatic heterocycles. The number of pyridine rings is 1. The van der Waals surface area contributed by atoms with Crippen molar-refractivity contribution >= 4 is 23.2 Å². The Balaban J connectivity index is 2.72. The lowest BCUT2D eigenvalue weighted by atomic mass is 10.4. The van der Waals surface area contributed by atoms with Crippen molar-refractivity contribution in [3.05, 3.63) is 22.4 Å². The predicted octanol–water partition coefficient (Wildman–Crippen LogP) is 3.18. The monoisotopic (exact) mass is 205 g/mol. The van der Waals surface area contributed by atoms with Gasteiger partial charge in [0.15, 0.2) is 0 Å². The largest absolute Gasteiger partial charge is 0.493 e. The number of nitrogens with zero attached hydrogens (tertiary/aromatic N) is 1. The highest BCUT2D eigenvalue weighted by Gasteiger charge is 1.98. The van der Waals surface area contributed by atoms with E-state index in [1.54, 1.807) is 12.1 Å². The van der Waals surface area contributed by atoms with Crippen molar-refractivity contribution in [3.8, 4) is 5.75 Å². The molecule has 1 heterocycles. The number of hydrogen-bond donors (Lipinski definition) is 0. The molecule has 0 amide bonds. The van der Waals surface area contributed by atoms with Gasteiger partial charge in [-0.05, 0) is 6.42 Å². The van der Waals surface area contributed by atoms with Crippen molar-refractivity contribution < 1.29 is 4.74 Å². The molecule has 4 heteroatoms. The second-order valence-electron chi connectivity index (χ2n) is 2.30. The molecule has 1 aromatic rings. The third-order valence-corrected chi connectivity index (χ3v) is 1.60. The van der Waals surface area contributed by atoms with Crippen LogP contribution in [0.1, 0.15) is 13.3 Å². The topological polar surface area (TPSA) is 22.1 Å². The second-order valence-corrected chi connectivity index (χ2v) is 3.07. The highest BCUT2D eigenvalue weighted by molar-refractivity contribution is 6.32. The number of hydrogen-bond acceptors (Lipinski definition) is 2. The lowest BCUT2D eigenvalue weighted by Crippen LogP contribution is -1.95. The molecule has 1 rings (SSSR count). The van der Waals surface area contributed by atoms with Crippen molar-refractivity contribution in [2.75, 3.05) is 6.61 Å². The molecule has 0 unspecified atom stereocenters. The summed E-state index contributed by atoms with van der Waals surface area (Å²) in [6.45, 7) is 2.70. The Kier molecular flexibility index (Phi) is 3.63. The van der Waals surface area contributed by atoms with Gasteiger partial charge in [-0.1, -0.05) is 30.1 Å². The smallest absolute Gasteiger partial charge is 0.134 e. The maximum absolute atomic E-state index is 5.65. The number of halogens is 2. The molecular weight excluding hydrogens is 197 g/mol. The van der Waals surface area contributed by atoms with Crippen LogP contribution in [-0.2, 0) is 0 Å². The van der Waals surface area contributed by atoms with Gasteiger partial charge in [0, 0.05) is 12.1 Å². The minimum absolute atomic E-state index is 0.355. The Bertz CT molecular complexity index is 245. The summed E-state index contributed by atoms with van der Waals surface area (Å²) >= 11 is 11.3. The van der Waals surface area contributed by atoms with Gasteiger partial charge in [-0.25, -0.2) is 4.98 Å². The zero-order chi connectivity index (χ0) is 8.97. The fourth-order valence-corrected chi connectivity index (χ4v) is 1.19. The molecule has 0 aliphatic rings. The number of ether oxygens (including phenoxy) is 1. The summed E-state index contributed by atoms with van der Waals surface area (Å²) < 4.78 is 5.31. The molecule has 0 aliphatic carbocycles. The summed E-state index contributed by atoms with van der Waals surface area (Å²) in [5.41, 5.74) is 0. The quantitative estimate of drug-likeness (QED) is 0.708. The molecule has 0 fully saturated rings. The van der Waals surface area contributed by atoms with Gasteiger partial charge in [-0.15, -0.1) is 0 Å². The first kappa shape index (κ1) is 9.62. The first-order valence-electron chi connectivity index (χ1n) is 3.68. The van der Waals surface area contributed by atoms with Crippen molar-refractivity contribution in [2.24, 2.45) is 0 Å². The molecule has 0 bridgehead atoms. The van der Waals surface area contributed by atoms with Crippen LogP contribution in [0.3, 0.4) is 0 Å². The predicted molar refractivity (Wildman–Crippen MR) is 50.0 cm³/mol. The van der Waals surface area contributed by atoms with Crippen LogP contribution in [0.4, 0.5) is 0 Å². The third-order valence-electron chi connectivity index (χ3n) is 1.21. The van der Waals surface area contributed by atoms with E-state index in [1.165, 1.54) is 0 Å². The van der Waals surface area contributed by atoms with E-state index in [4.69, 9.17) is 27.9 Å². The van der Waals surface area contributed by atoms with Crippen LogP contribution in [-0.4, -0.2) is 11.6 Å². The lowest BCUT2D eigenvalue weighted by molar-refractivity contribution is 0.317. The zero-order valence-electron chi connectivity index (χ0n) is 6.68. The van der Waals surface area contributed by atoms with E-state index < -0.39 is 0 Å². The summed E-state index contributed by atoms with van der Waals surface area (Å²) in [6.07, 6.45) is 0.956. The molecule has 0 atom stereocenters. The summed E-state index contributed by atoms with van der Waals surface area (Å²) in [5.74, 6) is 0.668. The van der Waals surface area contributed by atoms with Crippen molar-refractivity contribution in [1.82, 2.24) is 4.98 Å². The van der Waals surface area contributed by atoms with E-state index in [0.29, 0.717) is 22.7 Å². The van der Waals surface area contributed by atoms with Gasteiger partial charge in [0.25, 0.3) is 0 Å². The molecule has 1 aromatic heterocycles. The van der Waals surface area contributed by atoms with Gasteiger partial charge in [-0.2, -0.15) is 0 Å². The summed E-state index contributed by atoms with van der Waals surface area (Å²) in [6, 6.07) is 3.28. The minimum atomic E-state index is 0.355. The summed E-state index contributed by atoms with van der Waals surface area (Å²) in [5, 5.41) is 0.710. The van der Waals surface area contributed by atoms with Crippen LogP contribution in [0.2, 0.25) is 10.3 Å². The van der Waals surface area contributed by atoms with Crippen molar-refractivity contribution in [1.29, 1.82) is 0 Å². The van der Waals surface area contributed by atoms with Gasteiger partial charge in [0.2, 0.25) is 0 Å². The van der Waals surface area contributed by atoms with E-state index in [2.05, 4.69) is 4.98 Å². The van der Waals surface area contributed by atoms with Gasteiger partial charge in [0.1, 0.15) is 16.1 Å². The molecule has 0 saturated heterocycles.